The molecule has 0 bridgehead atoms. The van der Waals surface area contributed by atoms with Crippen molar-refractivity contribution in [2.24, 2.45) is 0 Å². The lowest BCUT2D eigenvalue weighted by Crippen LogP contribution is -1.94. The first kappa shape index (κ1) is 13.1. The van der Waals surface area contributed by atoms with Gasteiger partial charge in [0.05, 0.1) is 0 Å². The van der Waals surface area contributed by atoms with Gasteiger partial charge in [-0.3, -0.25) is 0 Å². The van der Waals surface area contributed by atoms with Gasteiger partial charge in [-0.05, 0) is 71.9 Å². The number of rotatable bonds is 2. The van der Waals surface area contributed by atoms with Crippen molar-refractivity contribution in [3.05, 3.63) is 51.1 Å². The Morgan fingerprint density at radius 3 is 2.39 bits per heavy atom. The zero-order chi connectivity index (χ0) is 13.3. The van der Waals surface area contributed by atoms with Gasteiger partial charge in [-0.1, -0.05) is 6.07 Å². The lowest BCUT2D eigenvalue weighted by Gasteiger charge is -2.12. The van der Waals surface area contributed by atoms with E-state index < -0.39 is 0 Å². The molecule has 0 aliphatic heterocycles. The summed E-state index contributed by atoms with van der Waals surface area (Å²) in [7, 11) is 0. The number of ether oxygens (including phenoxy) is 1. The molecule has 2 nitrogen and oxygen atoms in total. The monoisotopic (exact) mass is 305 g/mol. The van der Waals surface area contributed by atoms with Gasteiger partial charge in [0.15, 0.2) is 0 Å². The summed E-state index contributed by atoms with van der Waals surface area (Å²) in [6.07, 6.45) is 1.77. The molecule has 0 saturated heterocycles. The molecule has 0 aliphatic carbocycles. The zero-order valence-electron chi connectivity index (χ0n) is 11.0. The standard InChI is InChI=1S/C15H16BrNO/c1-9-5-10(2)12(4)14(6-9)18-15-7-11(3)13(16)8-17-15/h5-8H,1-4H3. The van der Waals surface area contributed by atoms with Crippen molar-refractivity contribution in [1.29, 1.82) is 0 Å². The highest BCUT2D eigenvalue weighted by atomic mass is 79.9. The van der Waals surface area contributed by atoms with E-state index in [0.29, 0.717) is 5.88 Å². The van der Waals surface area contributed by atoms with Gasteiger partial charge in [-0.15, -0.1) is 0 Å². The molecule has 1 aromatic carbocycles. The second-order valence-electron chi connectivity index (χ2n) is 4.58. The smallest absolute Gasteiger partial charge is 0.219 e. The lowest BCUT2D eigenvalue weighted by atomic mass is 10.1. The summed E-state index contributed by atoms with van der Waals surface area (Å²) in [6, 6.07) is 6.13. The van der Waals surface area contributed by atoms with Gasteiger partial charge in [0.25, 0.3) is 0 Å². The number of aromatic nitrogens is 1. The third-order valence-electron chi connectivity index (χ3n) is 3.00. The quantitative estimate of drug-likeness (QED) is 0.789. The minimum atomic E-state index is 0.629. The Balaban J connectivity index is 2.36. The Morgan fingerprint density at radius 1 is 1.00 bits per heavy atom. The molecule has 0 N–H and O–H groups in total. The second-order valence-corrected chi connectivity index (χ2v) is 5.43. The number of hydrogen-bond acceptors (Lipinski definition) is 2. The first-order chi connectivity index (χ1) is 8.47. The first-order valence-electron chi connectivity index (χ1n) is 5.85. The molecule has 2 aromatic rings. The van der Waals surface area contributed by atoms with Crippen molar-refractivity contribution in [2.75, 3.05) is 0 Å². The molecular weight excluding hydrogens is 290 g/mol. The van der Waals surface area contributed by atoms with Crippen LogP contribution in [-0.2, 0) is 0 Å². The van der Waals surface area contributed by atoms with E-state index in [-0.39, 0.29) is 0 Å². The molecule has 0 unspecified atom stereocenters. The van der Waals surface area contributed by atoms with Crippen LogP contribution in [0, 0.1) is 27.7 Å². The summed E-state index contributed by atoms with van der Waals surface area (Å²) >= 11 is 3.43. The number of hydrogen-bond donors (Lipinski definition) is 0. The maximum atomic E-state index is 5.87. The fraction of sp³-hybridized carbons (Fsp3) is 0.267. The average Bonchev–Trinajstić information content (AvgIpc) is 2.30. The van der Waals surface area contributed by atoms with Crippen molar-refractivity contribution in [3.63, 3.8) is 0 Å². The zero-order valence-corrected chi connectivity index (χ0v) is 12.6. The van der Waals surface area contributed by atoms with Crippen LogP contribution in [0.15, 0.2) is 28.9 Å². The normalized spacial score (nSPS) is 10.5. The number of aryl methyl sites for hydroxylation is 3. The second kappa shape index (κ2) is 5.11. The van der Waals surface area contributed by atoms with Crippen LogP contribution in [-0.4, -0.2) is 4.98 Å². The highest BCUT2D eigenvalue weighted by molar-refractivity contribution is 9.10. The Bertz CT molecular complexity index is 593. The van der Waals surface area contributed by atoms with Gasteiger partial charge in [-0.2, -0.15) is 0 Å². The molecule has 0 radical (unpaired) electrons. The van der Waals surface area contributed by atoms with E-state index in [4.69, 9.17) is 4.74 Å². The van der Waals surface area contributed by atoms with Crippen LogP contribution in [0.2, 0.25) is 0 Å². The van der Waals surface area contributed by atoms with Gasteiger partial charge in [0.2, 0.25) is 5.88 Å². The topological polar surface area (TPSA) is 22.1 Å². The van der Waals surface area contributed by atoms with E-state index >= 15 is 0 Å². The van der Waals surface area contributed by atoms with Crippen molar-refractivity contribution in [1.82, 2.24) is 4.98 Å². The maximum Gasteiger partial charge on any atom is 0.219 e. The number of halogens is 1. The van der Waals surface area contributed by atoms with Crippen molar-refractivity contribution in [3.8, 4) is 11.6 Å². The van der Waals surface area contributed by atoms with Crippen LogP contribution in [0.25, 0.3) is 0 Å². The van der Waals surface area contributed by atoms with E-state index in [1.165, 1.54) is 11.1 Å². The first-order valence-corrected chi connectivity index (χ1v) is 6.64. The molecular formula is C15H16BrNO. The number of pyridine rings is 1. The Kier molecular flexibility index (Phi) is 3.71. The molecule has 2 rings (SSSR count). The average molecular weight is 306 g/mol. The summed E-state index contributed by atoms with van der Waals surface area (Å²) in [5.41, 5.74) is 4.70. The molecule has 18 heavy (non-hydrogen) atoms. The summed E-state index contributed by atoms with van der Waals surface area (Å²) < 4.78 is 6.87. The van der Waals surface area contributed by atoms with Crippen LogP contribution in [0.4, 0.5) is 0 Å². The molecule has 1 heterocycles. The van der Waals surface area contributed by atoms with Gasteiger partial charge >= 0.3 is 0 Å². The lowest BCUT2D eigenvalue weighted by molar-refractivity contribution is 0.458. The van der Waals surface area contributed by atoms with E-state index in [1.54, 1.807) is 6.20 Å². The number of nitrogens with zero attached hydrogens (tertiary/aromatic N) is 1. The molecule has 0 aliphatic rings. The molecule has 1 aromatic heterocycles. The summed E-state index contributed by atoms with van der Waals surface area (Å²) in [5.74, 6) is 1.51. The Labute approximate surface area is 116 Å². The summed E-state index contributed by atoms with van der Waals surface area (Å²) in [6.45, 7) is 8.25. The summed E-state index contributed by atoms with van der Waals surface area (Å²) in [5, 5.41) is 0. The molecule has 0 saturated carbocycles. The predicted molar refractivity (Wildman–Crippen MR) is 77.4 cm³/mol. The molecule has 3 heteroatoms. The highest BCUT2D eigenvalue weighted by Crippen LogP contribution is 2.28. The number of benzene rings is 1. The van der Waals surface area contributed by atoms with Crippen LogP contribution < -0.4 is 4.74 Å². The van der Waals surface area contributed by atoms with Crippen LogP contribution >= 0.6 is 15.9 Å². The van der Waals surface area contributed by atoms with Crippen LogP contribution in [0.3, 0.4) is 0 Å². The summed E-state index contributed by atoms with van der Waals surface area (Å²) in [4.78, 5) is 4.27. The van der Waals surface area contributed by atoms with E-state index in [9.17, 15) is 0 Å². The molecule has 0 amide bonds. The fourth-order valence-corrected chi connectivity index (χ4v) is 2.01. The van der Waals surface area contributed by atoms with E-state index in [0.717, 1.165) is 21.3 Å². The van der Waals surface area contributed by atoms with Gasteiger partial charge in [0, 0.05) is 16.7 Å². The largest absolute Gasteiger partial charge is 0.439 e. The van der Waals surface area contributed by atoms with Gasteiger partial charge in [0.1, 0.15) is 5.75 Å². The SMILES string of the molecule is Cc1cc(C)c(C)c(Oc2cc(C)c(Br)cn2)c1. The van der Waals surface area contributed by atoms with Crippen molar-refractivity contribution in [2.45, 2.75) is 27.7 Å². The fourth-order valence-electron chi connectivity index (χ4n) is 1.79. The van der Waals surface area contributed by atoms with Crippen LogP contribution in [0.5, 0.6) is 11.6 Å². The van der Waals surface area contributed by atoms with Gasteiger partial charge < -0.3 is 4.74 Å². The molecule has 0 atom stereocenters. The third-order valence-corrected chi connectivity index (χ3v) is 3.83. The van der Waals surface area contributed by atoms with E-state index in [1.807, 2.05) is 19.1 Å². The maximum absolute atomic E-state index is 5.87. The van der Waals surface area contributed by atoms with Crippen molar-refractivity contribution >= 4 is 15.9 Å². The highest BCUT2D eigenvalue weighted by Gasteiger charge is 2.07. The minimum Gasteiger partial charge on any atom is -0.439 e. The Morgan fingerprint density at radius 2 is 1.72 bits per heavy atom. The van der Waals surface area contributed by atoms with Gasteiger partial charge in [-0.25, -0.2) is 4.98 Å². The third kappa shape index (κ3) is 2.72. The molecule has 0 fully saturated rings. The molecule has 94 valence electrons. The van der Waals surface area contributed by atoms with Crippen LogP contribution in [0.1, 0.15) is 22.3 Å². The minimum absolute atomic E-state index is 0.629. The van der Waals surface area contributed by atoms with E-state index in [2.05, 4.69) is 47.8 Å². The van der Waals surface area contributed by atoms with Crippen molar-refractivity contribution < 1.29 is 4.74 Å². The molecule has 0 spiro atoms. The Hall–Kier alpha value is -1.35. The predicted octanol–water partition coefficient (Wildman–Crippen LogP) is 4.87.